The van der Waals surface area contributed by atoms with Crippen LogP contribution in [-0.2, 0) is 20.9 Å². The van der Waals surface area contributed by atoms with Gasteiger partial charge in [-0.2, -0.15) is 0 Å². The number of nitrogens with zero attached hydrogens (tertiary/aromatic N) is 2. The van der Waals surface area contributed by atoms with Crippen LogP contribution in [0, 0.1) is 0 Å². The summed E-state index contributed by atoms with van der Waals surface area (Å²) in [6.45, 7) is -0.349. The van der Waals surface area contributed by atoms with Crippen LogP contribution in [0.3, 0.4) is 0 Å². The van der Waals surface area contributed by atoms with E-state index in [0.717, 1.165) is 11.3 Å². The molecule has 1 amide bonds. The number of carbonyl (C=O) groups is 2. The quantitative estimate of drug-likeness (QED) is 0.443. The first-order chi connectivity index (χ1) is 17.4. The predicted octanol–water partition coefficient (Wildman–Crippen LogP) is 3.68. The summed E-state index contributed by atoms with van der Waals surface area (Å²) < 4.78 is 28.4. The molecule has 0 spiro atoms. The Morgan fingerprint density at radius 1 is 1.14 bits per heavy atom. The Morgan fingerprint density at radius 2 is 1.92 bits per heavy atom. The maximum atomic E-state index is 13.7. The van der Waals surface area contributed by atoms with Crippen molar-refractivity contribution in [2.24, 2.45) is 0 Å². The Kier molecular flexibility index (Phi) is 6.27. The molecule has 12 heteroatoms. The van der Waals surface area contributed by atoms with Gasteiger partial charge in [0.05, 0.1) is 31.9 Å². The molecule has 36 heavy (non-hydrogen) atoms. The average molecular weight is 533 g/mol. The lowest BCUT2D eigenvalue weighted by atomic mass is 9.89. The Balaban J connectivity index is 1.75. The SMILES string of the molecule is COC(=O)Cn1c2c(sc1=O)[C@H](c1cc3c(c(OC)c1OC)OCO3)CC(=O)N2c1cccc(Cl)c1. The number of amides is 1. The zero-order valence-electron chi connectivity index (χ0n) is 19.5. The monoisotopic (exact) mass is 532 g/mol. The highest BCUT2D eigenvalue weighted by molar-refractivity contribution is 7.10. The molecule has 0 aliphatic carbocycles. The fraction of sp³-hybridized carbons (Fsp3) is 0.292. The number of carbonyl (C=O) groups excluding carboxylic acids is 2. The third-order valence-electron chi connectivity index (χ3n) is 6.02. The van der Waals surface area contributed by atoms with Crippen molar-refractivity contribution in [3.8, 4) is 23.0 Å². The van der Waals surface area contributed by atoms with Crippen molar-refractivity contribution < 1.29 is 33.3 Å². The summed E-state index contributed by atoms with van der Waals surface area (Å²) in [5.41, 5.74) is 1.06. The second kappa shape index (κ2) is 9.40. The number of rotatable bonds is 6. The third kappa shape index (κ3) is 3.84. The van der Waals surface area contributed by atoms with E-state index in [1.54, 1.807) is 30.3 Å². The van der Waals surface area contributed by atoms with Gasteiger partial charge in [-0.3, -0.25) is 23.9 Å². The maximum Gasteiger partial charge on any atom is 0.325 e. The summed E-state index contributed by atoms with van der Waals surface area (Å²) in [5.74, 6) is 0.297. The molecule has 1 atom stereocenters. The minimum atomic E-state index is -0.624. The minimum Gasteiger partial charge on any atom is -0.492 e. The van der Waals surface area contributed by atoms with Crippen molar-refractivity contribution in [1.29, 1.82) is 0 Å². The fourth-order valence-electron chi connectivity index (χ4n) is 4.48. The van der Waals surface area contributed by atoms with Gasteiger partial charge in [0.1, 0.15) is 12.4 Å². The van der Waals surface area contributed by atoms with Crippen LogP contribution < -0.4 is 28.7 Å². The molecule has 0 saturated carbocycles. The summed E-state index contributed by atoms with van der Waals surface area (Å²) in [5, 5.41) is 0.420. The van der Waals surface area contributed by atoms with Crippen molar-refractivity contribution in [1.82, 2.24) is 4.57 Å². The van der Waals surface area contributed by atoms with Gasteiger partial charge >= 0.3 is 10.8 Å². The number of ether oxygens (including phenoxy) is 5. The Hall–Kier alpha value is -3.70. The zero-order chi connectivity index (χ0) is 25.6. The molecular formula is C24H21ClN2O8S. The van der Waals surface area contributed by atoms with Crippen LogP contribution in [0.1, 0.15) is 22.8 Å². The van der Waals surface area contributed by atoms with Gasteiger partial charge in [-0.15, -0.1) is 0 Å². The molecule has 2 aliphatic rings. The lowest BCUT2D eigenvalue weighted by Crippen LogP contribution is -2.36. The molecule has 0 saturated heterocycles. The molecule has 0 bridgehead atoms. The van der Waals surface area contributed by atoms with Gasteiger partial charge in [-0.05, 0) is 24.3 Å². The Morgan fingerprint density at radius 3 is 2.61 bits per heavy atom. The first-order valence-corrected chi connectivity index (χ1v) is 12.0. The molecule has 0 N–H and O–H groups in total. The van der Waals surface area contributed by atoms with E-state index in [4.69, 9.17) is 35.3 Å². The molecule has 1 aromatic heterocycles. The average Bonchev–Trinajstić information content (AvgIpc) is 3.46. The molecule has 0 radical (unpaired) electrons. The van der Waals surface area contributed by atoms with E-state index in [9.17, 15) is 14.4 Å². The van der Waals surface area contributed by atoms with Crippen LogP contribution in [-0.4, -0.2) is 44.6 Å². The number of halogens is 1. The van der Waals surface area contributed by atoms with E-state index in [1.165, 1.54) is 30.8 Å². The van der Waals surface area contributed by atoms with Crippen LogP contribution >= 0.6 is 22.9 Å². The smallest absolute Gasteiger partial charge is 0.325 e. The van der Waals surface area contributed by atoms with Crippen LogP contribution in [0.4, 0.5) is 11.5 Å². The van der Waals surface area contributed by atoms with E-state index in [2.05, 4.69) is 0 Å². The van der Waals surface area contributed by atoms with Gasteiger partial charge in [0.15, 0.2) is 11.5 Å². The van der Waals surface area contributed by atoms with Gasteiger partial charge in [-0.25, -0.2) is 0 Å². The van der Waals surface area contributed by atoms with Crippen molar-refractivity contribution >= 4 is 46.3 Å². The molecule has 2 aromatic carbocycles. The normalized spacial score (nSPS) is 16.1. The van der Waals surface area contributed by atoms with Gasteiger partial charge in [0.25, 0.3) is 0 Å². The fourth-order valence-corrected chi connectivity index (χ4v) is 5.76. The van der Waals surface area contributed by atoms with Crippen molar-refractivity contribution in [3.63, 3.8) is 0 Å². The summed E-state index contributed by atoms with van der Waals surface area (Å²) in [6, 6.07) is 8.45. The lowest BCUT2D eigenvalue weighted by molar-refractivity contribution is -0.141. The highest BCUT2D eigenvalue weighted by atomic mass is 35.5. The number of esters is 1. The van der Waals surface area contributed by atoms with Crippen LogP contribution in [0.2, 0.25) is 5.02 Å². The van der Waals surface area contributed by atoms with Crippen molar-refractivity contribution in [2.75, 3.05) is 33.0 Å². The Bertz CT molecular complexity index is 1430. The zero-order valence-corrected chi connectivity index (χ0v) is 21.1. The van der Waals surface area contributed by atoms with E-state index in [-0.39, 0.29) is 31.5 Å². The van der Waals surface area contributed by atoms with Crippen LogP contribution in [0.5, 0.6) is 23.0 Å². The van der Waals surface area contributed by atoms with E-state index >= 15 is 0 Å². The number of thiazole rings is 1. The highest BCUT2D eigenvalue weighted by Crippen LogP contribution is 2.54. The molecule has 0 fully saturated rings. The van der Waals surface area contributed by atoms with Crippen molar-refractivity contribution in [3.05, 3.63) is 55.5 Å². The number of aromatic nitrogens is 1. The van der Waals surface area contributed by atoms with Gasteiger partial charge < -0.3 is 23.7 Å². The maximum absolute atomic E-state index is 13.7. The molecule has 3 aromatic rings. The minimum absolute atomic E-state index is 0.0108. The van der Waals surface area contributed by atoms with E-state index in [1.807, 2.05) is 0 Å². The molecular weight excluding hydrogens is 512 g/mol. The molecule has 2 aliphatic heterocycles. The van der Waals surface area contributed by atoms with Crippen LogP contribution in [0.25, 0.3) is 0 Å². The largest absolute Gasteiger partial charge is 0.492 e. The summed E-state index contributed by atoms with van der Waals surface area (Å²) >= 11 is 7.16. The van der Waals surface area contributed by atoms with E-state index in [0.29, 0.717) is 44.1 Å². The summed E-state index contributed by atoms with van der Waals surface area (Å²) in [7, 11) is 4.20. The molecule has 188 valence electrons. The van der Waals surface area contributed by atoms with Gasteiger partial charge in [0.2, 0.25) is 24.2 Å². The first-order valence-electron chi connectivity index (χ1n) is 10.8. The van der Waals surface area contributed by atoms with Gasteiger partial charge in [-0.1, -0.05) is 29.0 Å². The molecule has 5 rings (SSSR count). The first kappa shape index (κ1) is 24.0. The number of fused-ring (bicyclic) bond motifs is 2. The number of hydrogen-bond acceptors (Lipinski definition) is 9. The van der Waals surface area contributed by atoms with Gasteiger partial charge in [0, 0.05) is 22.9 Å². The summed E-state index contributed by atoms with van der Waals surface area (Å²) in [4.78, 5) is 40.6. The summed E-state index contributed by atoms with van der Waals surface area (Å²) in [6.07, 6.45) is 0.0108. The highest BCUT2D eigenvalue weighted by Gasteiger charge is 2.41. The lowest BCUT2D eigenvalue weighted by Gasteiger charge is -2.33. The standard InChI is InChI=1S/C24H21ClN2O8S/c1-31-18(29)10-26-23-22(36-24(26)30)15(9-17(28)27(23)13-6-4-5-12(25)7-13)14-8-16-20(35-11-34-16)21(33-3)19(14)32-2/h4-8,15H,9-11H2,1-3H3/t15-/m0/s1. The number of benzene rings is 2. The molecule has 10 nitrogen and oxygen atoms in total. The number of methoxy groups -OCH3 is 3. The van der Waals surface area contributed by atoms with Crippen molar-refractivity contribution in [2.45, 2.75) is 18.9 Å². The van der Waals surface area contributed by atoms with Crippen LogP contribution in [0.15, 0.2) is 35.1 Å². The second-order valence-corrected chi connectivity index (χ2v) is 9.38. The topological polar surface area (TPSA) is 106 Å². The second-order valence-electron chi connectivity index (χ2n) is 7.95. The molecule has 0 unspecified atom stereocenters. The molecule has 3 heterocycles. The van der Waals surface area contributed by atoms with E-state index < -0.39 is 16.8 Å². The third-order valence-corrected chi connectivity index (χ3v) is 7.33. The Labute approximate surface area is 214 Å². The number of anilines is 2. The predicted molar refractivity (Wildman–Crippen MR) is 131 cm³/mol. The number of hydrogen-bond donors (Lipinski definition) is 0.